The van der Waals surface area contributed by atoms with Gasteiger partial charge in [0, 0.05) is 38.3 Å². The summed E-state index contributed by atoms with van der Waals surface area (Å²) in [5, 5.41) is 8.98. The van der Waals surface area contributed by atoms with Gasteiger partial charge in [0.1, 0.15) is 5.82 Å². The van der Waals surface area contributed by atoms with Gasteiger partial charge in [-0.05, 0) is 19.8 Å². The summed E-state index contributed by atoms with van der Waals surface area (Å²) >= 11 is 0. The van der Waals surface area contributed by atoms with E-state index in [4.69, 9.17) is 9.84 Å². The number of aliphatic hydroxyl groups is 1. The van der Waals surface area contributed by atoms with Crippen LogP contribution >= 0.6 is 0 Å². The van der Waals surface area contributed by atoms with Gasteiger partial charge in [0.15, 0.2) is 0 Å². The van der Waals surface area contributed by atoms with Gasteiger partial charge < -0.3 is 14.4 Å². The molecule has 16 heavy (non-hydrogen) atoms. The van der Waals surface area contributed by atoms with Crippen molar-refractivity contribution in [1.29, 1.82) is 0 Å². The SMILES string of the molecule is Cc1c(C2CCOCC2)nc(CCO)n1C. The summed E-state index contributed by atoms with van der Waals surface area (Å²) in [7, 11) is 2.02. The zero-order valence-electron chi connectivity index (χ0n) is 10.1. The fourth-order valence-corrected chi connectivity index (χ4v) is 2.34. The number of ether oxygens (including phenoxy) is 1. The van der Waals surface area contributed by atoms with Crippen molar-refractivity contribution in [1.82, 2.24) is 9.55 Å². The van der Waals surface area contributed by atoms with Crippen LogP contribution in [0.4, 0.5) is 0 Å². The minimum atomic E-state index is 0.164. The second kappa shape index (κ2) is 4.97. The fourth-order valence-electron chi connectivity index (χ4n) is 2.34. The number of hydrogen-bond acceptors (Lipinski definition) is 3. The predicted molar refractivity (Wildman–Crippen MR) is 61.5 cm³/mol. The van der Waals surface area contributed by atoms with Crippen molar-refractivity contribution < 1.29 is 9.84 Å². The molecular weight excluding hydrogens is 204 g/mol. The molecule has 0 radical (unpaired) electrons. The molecule has 1 fully saturated rings. The lowest BCUT2D eigenvalue weighted by Crippen LogP contribution is -2.15. The summed E-state index contributed by atoms with van der Waals surface area (Å²) < 4.78 is 7.47. The molecule has 4 heteroatoms. The summed E-state index contributed by atoms with van der Waals surface area (Å²) in [4.78, 5) is 4.67. The molecule has 1 saturated heterocycles. The van der Waals surface area contributed by atoms with Crippen molar-refractivity contribution in [2.24, 2.45) is 7.05 Å². The van der Waals surface area contributed by atoms with Gasteiger partial charge in [-0.25, -0.2) is 4.98 Å². The van der Waals surface area contributed by atoms with Crippen LogP contribution in [0.25, 0.3) is 0 Å². The Labute approximate surface area is 96.3 Å². The molecule has 0 unspecified atom stereocenters. The Balaban J connectivity index is 2.22. The molecule has 0 atom stereocenters. The molecule has 1 N–H and O–H groups in total. The molecule has 2 rings (SSSR count). The van der Waals surface area contributed by atoms with E-state index in [0.29, 0.717) is 12.3 Å². The molecule has 1 aliphatic heterocycles. The van der Waals surface area contributed by atoms with Crippen molar-refractivity contribution in [2.75, 3.05) is 19.8 Å². The molecule has 0 spiro atoms. The minimum absolute atomic E-state index is 0.164. The van der Waals surface area contributed by atoms with Crippen LogP contribution in [-0.2, 0) is 18.2 Å². The largest absolute Gasteiger partial charge is 0.396 e. The maximum absolute atomic E-state index is 8.98. The summed E-state index contributed by atoms with van der Waals surface area (Å²) in [5.74, 6) is 1.52. The first-order valence-corrected chi connectivity index (χ1v) is 5.94. The Morgan fingerprint density at radius 3 is 2.75 bits per heavy atom. The highest BCUT2D eigenvalue weighted by Gasteiger charge is 2.22. The van der Waals surface area contributed by atoms with Crippen molar-refractivity contribution in [3.63, 3.8) is 0 Å². The smallest absolute Gasteiger partial charge is 0.111 e. The zero-order valence-corrected chi connectivity index (χ0v) is 10.1. The Hall–Kier alpha value is -0.870. The van der Waals surface area contributed by atoms with Gasteiger partial charge in [0.05, 0.1) is 12.3 Å². The molecule has 1 aliphatic rings. The van der Waals surface area contributed by atoms with E-state index in [1.165, 1.54) is 11.4 Å². The molecule has 1 aromatic rings. The third-order valence-electron chi connectivity index (χ3n) is 3.45. The Morgan fingerprint density at radius 2 is 2.12 bits per heavy atom. The number of aliphatic hydroxyl groups excluding tert-OH is 1. The maximum Gasteiger partial charge on any atom is 0.111 e. The van der Waals surface area contributed by atoms with E-state index in [9.17, 15) is 0 Å². The normalized spacial score (nSPS) is 17.9. The van der Waals surface area contributed by atoms with Gasteiger partial charge >= 0.3 is 0 Å². The number of aromatic nitrogens is 2. The second-order valence-corrected chi connectivity index (χ2v) is 4.42. The van der Waals surface area contributed by atoms with Crippen LogP contribution < -0.4 is 0 Å². The molecule has 0 bridgehead atoms. The Bertz CT molecular complexity index is 354. The molecule has 0 aliphatic carbocycles. The van der Waals surface area contributed by atoms with Crippen molar-refractivity contribution >= 4 is 0 Å². The van der Waals surface area contributed by atoms with Crippen LogP contribution in [0.5, 0.6) is 0 Å². The first-order valence-electron chi connectivity index (χ1n) is 5.94. The average molecular weight is 224 g/mol. The van der Waals surface area contributed by atoms with Gasteiger partial charge in [0.25, 0.3) is 0 Å². The standard InChI is InChI=1S/C12H20N2O2/c1-9-12(10-4-7-16-8-5-10)13-11(3-6-15)14(9)2/h10,15H,3-8H2,1-2H3. The van der Waals surface area contributed by atoms with Crippen LogP contribution in [0.15, 0.2) is 0 Å². The Morgan fingerprint density at radius 1 is 1.44 bits per heavy atom. The van der Waals surface area contributed by atoms with E-state index in [-0.39, 0.29) is 6.61 Å². The maximum atomic E-state index is 8.98. The summed E-state index contributed by atoms with van der Waals surface area (Å²) in [5.41, 5.74) is 2.43. The van der Waals surface area contributed by atoms with E-state index in [1.807, 2.05) is 7.05 Å². The van der Waals surface area contributed by atoms with Crippen molar-refractivity contribution in [3.8, 4) is 0 Å². The topological polar surface area (TPSA) is 47.3 Å². The van der Waals surface area contributed by atoms with Gasteiger partial charge in [-0.15, -0.1) is 0 Å². The van der Waals surface area contributed by atoms with E-state index in [0.717, 1.165) is 31.9 Å². The molecule has 90 valence electrons. The first kappa shape index (κ1) is 11.6. The lowest BCUT2D eigenvalue weighted by atomic mass is 9.95. The van der Waals surface area contributed by atoms with Gasteiger partial charge in [0.2, 0.25) is 0 Å². The van der Waals surface area contributed by atoms with Crippen LogP contribution in [0.1, 0.15) is 36.0 Å². The summed E-state index contributed by atoms with van der Waals surface area (Å²) in [6, 6.07) is 0. The number of nitrogens with zero attached hydrogens (tertiary/aromatic N) is 2. The van der Waals surface area contributed by atoms with Crippen LogP contribution in [0, 0.1) is 6.92 Å². The molecule has 0 saturated carbocycles. The molecular formula is C12H20N2O2. The average Bonchev–Trinajstić information content (AvgIpc) is 2.59. The number of rotatable bonds is 3. The molecule has 2 heterocycles. The minimum Gasteiger partial charge on any atom is -0.396 e. The van der Waals surface area contributed by atoms with Crippen molar-refractivity contribution in [2.45, 2.75) is 32.1 Å². The summed E-state index contributed by atoms with van der Waals surface area (Å²) in [6.07, 6.45) is 2.77. The quantitative estimate of drug-likeness (QED) is 0.838. The lowest BCUT2D eigenvalue weighted by molar-refractivity contribution is 0.0844. The lowest BCUT2D eigenvalue weighted by Gasteiger charge is -2.21. The highest BCUT2D eigenvalue weighted by Crippen LogP contribution is 2.28. The third kappa shape index (κ3) is 2.13. The third-order valence-corrected chi connectivity index (χ3v) is 3.45. The van der Waals surface area contributed by atoms with Gasteiger partial charge in [-0.2, -0.15) is 0 Å². The highest BCUT2D eigenvalue weighted by molar-refractivity contribution is 5.20. The van der Waals surface area contributed by atoms with E-state index < -0.39 is 0 Å². The van der Waals surface area contributed by atoms with E-state index >= 15 is 0 Å². The van der Waals surface area contributed by atoms with Crippen molar-refractivity contribution in [3.05, 3.63) is 17.2 Å². The highest BCUT2D eigenvalue weighted by atomic mass is 16.5. The number of hydrogen-bond donors (Lipinski definition) is 1. The van der Waals surface area contributed by atoms with E-state index in [2.05, 4.69) is 16.5 Å². The molecule has 0 aromatic carbocycles. The molecule has 1 aromatic heterocycles. The van der Waals surface area contributed by atoms with Gasteiger partial charge in [-0.3, -0.25) is 0 Å². The van der Waals surface area contributed by atoms with Crippen LogP contribution in [0.3, 0.4) is 0 Å². The van der Waals surface area contributed by atoms with E-state index in [1.54, 1.807) is 0 Å². The van der Waals surface area contributed by atoms with Crippen LogP contribution in [-0.4, -0.2) is 34.5 Å². The number of imidazole rings is 1. The predicted octanol–water partition coefficient (Wildman–Crippen LogP) is 1.16. The first-order chi connectivity index (χ1) is 7.74. The zero-order chi connectivity index (χ0) is 11.5. The fraction of sp³-hybridized carbons (Fsp3) is 0.750. The monoisotopic (exact) mass is 224 g/mol. The molecule has 4 nitrogen and oxygen atoms in total. The second-order valence-electron chi connectivity index (χ2n) is 4.42. The van der Waals surface area contributed by atoms with Gasteiger partial charge in [-0.1, -0.05) is 0 Å². The van der Waals surface area contributed by atoms with Crippen LogP contribution in [0.2, 0.25) is 0 Å². The molecule has 0 amide bonds. The summed E-state index contributed by atoms with van der Waals surface area (Å²) in [6.45, 7) is 3.96. The Kier molecular flexibility index (Phi) is 3.61.